The lowest BCUT2D eigenvalue weighted by molar-refractivity contribution is -0.00371. The van der Waals surface area contributed by atoms with Crippen molar-refractivity contribution in [1.29, 1.82) is 0 Å². The molecule has 0 N–H and O–H groups in total. The van der Waals surface area contributed by atoms with Gasteiger partial charge in [-0.3, -0.25) is 9.69 Å². The zero-order valence-electron chi connectivity index (χ0n) is 15.8. The van der Waals surface area contributed by atoms with Gasteiger partial charge in [-0.2, -0.15) is 0 Å². The SMILES string of the molecule is CCc1cc(C(=O)N2C[C@H](c3cc(F)cc(F)c3)[C@H]3[C@@H]2C2CCN3CC2)no1. The summed E-state index contributed by atoms with van der Waals surface area (Å²) < 4.78 is 33.0. The average molecular weight is 387 g/mol. The van der Waals surface area contributed by atoms with Crippen LogP contribution >= 0.6 is 0 Å². The zero-order chi connectivity index (χ0) is 19.4. The molecule has 4 aliphatic heterocycles. The molecule has 4 saturated heterocycles. The van der Waals surface area contributed by atoms with Crippen molar-refractivity contribution >= 4 is 5.91 Å². The second kappa shape index (κ2) is 6.65. The summed E-state index contributed by atoms with van der Waals surface area (Å²) in [6, 6.07) is 5.56. The standard InChI is InChI=1S/C21H23F2N3O2/c1-2-16-10-18(24-28-16)21(27)26-11-17(13-7-14(22)9-15(23)8-13)20-19(26)12-3-5-25(20)6-4-12/h7-10,12,17,19-20H,2-6,11H2,1H3/t17-,19+,20+/m1/s1. The predicted molar refractivity (Wildman–Crippen MR) is 97.9 cm³/mol. The number of nitrogens with zero attached hydrogens (tertiary/aromatic N) is 3. The van der Waals surface area contributed by atoms with Gasteiger partial charge in [0, 0.05) is 37.1 Å². The number of carbonyl (C=O) groups excluding carboxylic acids is 1. The van der Waals surface area contributed by atoms with E-state index in [9.17, 15) is 13.6 Å². The lowest BCUT2D eigenvalue weighted by Gasteiger charge is -2.51. The number of carbonyl (C=O) groups is 1. The van der Waals surface area contributed by atoms with Crippen LogP contribution in [0, 0.1) is 17.6 Å². The van der Waals surface area contributed by atoms with Gasteiger partial charge in [0.15, 0.2) is 5.69 Å². The van der Waals surface area contributed by atoms with E-state index in [1.165, 1.54) is 12.1 Å². The van der Waals surface area contributed by atoms with Crippen molar-refractivity contribution in [3.05, 3.63) is 52.9 Å². The fourth-order valence-corrected chi connectivity index (χ4v) is 5.46. The van der Waals surface area contributed by atoms with Gasteiger partial charge in [-0.05, 0) is 49.5 Å². The highest BCUT2D eigenvalue weighted by atomic mass is 19.1. The summed E-state index contributed by atoms with van der Waals surface area (Å²) in [4.78, 5) is 17.5. The largest absolute Gasteiger partial charge is 0.361 e. The Labute approximate surface area is 162 Å². The van der Waals surface area contributed by atoms with Crippen LogP contribution in [0.5, 0.6) is 0 Å². The van der Waals surface area contributed by atoms with Crippen molar-refractivity contribution in [1.82, 2.24) is 15.0 Å². The number of halogens is 2. The second-order valence-electron chi connectivity index (χ2n) is 8.15. The fraction of sp³-hybridized carbons (Fsp3) is 0.524. The van der Waals surface area contributed by atoms with Crippen LogP contribution < -0.4 is 0 Å². The first-order valence-corrected chi connectivity index (χ1v) is 10.0. The van der Waals surface area contributed by atoms with E-state index < -0.39 is 11.6 Å². The highest BCUT2D eigenvalue weighted by molar-refractivity contribution is 5.93. The van der Waals surface area contributed by atoms with Gasteiger partial charge in [0.05, 0.1) is 6.04 Å². The van der Waals surface area contributed by atoms with Crippen molar-refractivity contribution in [2.45, 2.75) is 44.2 Å². The number of likely N-dealkylation sites (tertiary alicyclic amines) is 1. The van der Waals surface area contributed by atoms with E-state index in [0.29, 0.717) is 35.9 Å². The van der Waals surface area contributed by atoms with Gasteiger partial charge in [0.25, 0.3) is 5.91 Å². The van der Waals surface area contributed by atoms with E-state index in [-0.39, 0.29) is 23.9 Å². The molecular formula is C21H23F2N3O2. The maximum Gasteiger partial charge on any atom is 0.276 e. The molecule has 28 heavy (non-hydrogen) atoms. The van der Waals surface area contributed by atoms with Crippen LogP contribution in [-0.2, 0) is 6.42 Å². The minimum absolute atomic E-state index is 0.0492. The van der Waals surface area contributed by atoms with Gasteiger partial charge in [0.2, 0.25) is 0 Å². The molecule has 1 aromatic heterocycles. The van der Waals surface area contributed by atoms with Crippen molar-refractivity contribution in [2.24, 2.45) is 5.92 Å². The van der Waals surface area contributed by atoms with Crippen LogP contribution in [0.4, 0.5) is 8.78 Å². The summed E-state index contributed by atoms with van der Waals surface area (Å²) in [5.41, 5.74) is 0.947. The molecule has 0 spiro atoms. The van der Waals surface area contributed by atoms with Crippen molar-refractivity contribution in [2.75, 3.05) is 19.6 Å². The number of piperidine rings is 3. The lowest BCUT2D eigenvalue weighted by atomic mass is 9.75. The Morgan fingerprint density at radius 2 is 1.86 bits per heavy atom. The molecule has 2 aromatic rings. The molecule has 0 aliphatic carbocycles. The zero-order valence-corrected chi connectivity index (χ0v) is 15.8. The molecule has 0 unspecified atom stereocenters. The summed E-state index contributed by atoms with van der Waals surface area (Å²) in [5.74, 6) is -0.309. The molecule has 7 heteroatoms. The van der Waals surface area contributed by atoms with Crippen molar-refractivity contribution < 1.29 is 18.1 Å². The highest BCUT2D eigenvalue weighted by Crippen LogP contribution is 2.47. The third-order valence-corrected chi connectivity index (χ3v) is 6.69. The predicted octanol–water partition coefficient (Wildman–Crippen LogP) is 3.22. The Morgan fingerprint density at radius 3 is 2.50 bits per heavy atom. The van der Waals surface area contributed by atoms with Gasteiger partial charge in [-0.15, -0.1) is 0 Å². The van der Waals surface area contributed by atoms with Crippen LogP contribution in [0.25, 0.3) is 0 Å². The monoisotopic (exact) mass is 387 g/mol. The third kappa shape index (κ3) is 2.75. The second-order valence-corrected chi connectivity index (χ2v) is 8.15. The Hall–Kier alpha value is -2.28. The van der Waals surface area contributed by atoms with E-state index in [2.05, 4.69) is 10.1 Å². The molecule has 4 fully saturated rings. The minimum Gasteiger partial charge on any atom is -0.361 e. The fourth-order valence-electron chi connectivity index (χ4n) is 5.46. The number of fused-ring (bicyclic) bond motifs is 2. The van der Waals surface area contributed by atoms with Crippen LogP contribution in [-0.4, -0.2) is 52.6 Å². The molecule has 6 rings (SSSR count). The molecule has 0 saturated carbocycles. The van der Waals surface area contributed by atoms with E-state index >= 15 is 0 Å². The number of aromatic nitrogens is 1. The first kappa shape index (κ1) is 17.8. The maximum absolute atomic E-state index is 13.9. The summed E-state index contributed by atoms with van der Waals surface area (Å²) in [5, 5.41) is 3.96. The Balaban J connectivity index is 1.52. The maximum atomic E-state index is 13.9. The molecule has 3 atom stereocenters. The van der Waals surface area contributed by atoms with Crippen LogP contribution in [0.15, 0.2) is 28.8 Å². The smallest absolute Gasteiger partial charge is 0.276 e. The summed E-state index contributed by atoms with van der Waals surface area (Å²) in [6.45, 7) is 4.35. The van der Waals surface area contributed by atoms with Crippen LogP contribution in [0.1, 0.15) is 47.5 Å². The highest BCUT2D eigenvalue weighted by Gasteiger charge is 2.55. The van der Waals surface area contributed by atoms with Crippen LogP contribution in [0.2, 0.25) is 0 Å². The Morgan fingerprint density at radius 1 is 1.14 bits per heavy atom. The third-order valence-electron chi connectivity index (χ3n) is 6.69. The number of hydrogen-bond acceptors (Lipinski definition) is 4. The van der Waals surface area contributed by atoms with E-state index in [1.807, 2.05) is 11.8 Å². The Kier molecular flexibility index (Phi) is 4.23. The van der Waals surface area contributed by atoms with Crippen molar-refractivity contribution in [3.8, 4) is 0 Å². The van der Waals surface area contributed by atoms with Gasteiger partial charge < -0.3 is 9.42 Å². The molecule has 1 amide bonds. The quantitative estimate of drug-likeness (QED) is 0.812. The number of amides is 1. The molecular weight excluding hydrogens is 364 g/mol. The average Bonchev–Trinajstić information content (AvgIpc) is 3.34. The minimum atomic E-state index is -0.573. The molecule has 5 nitrogen and oxygen atoms in total. The topological polar surface area (TPSA) is 49.6 Å². The van der Waals surface area contributed by atoms with E-state index in [1.54, 1.807) is 6.07 Å². The summed E-state index contributed by atoms with van der Waals surface area (Å²) >= 11 is 0. The molecule has 2 bridgehead atoms. The number of aryl methyl sites for hydroxylation is 1. The lowest BCUT2D eigenvalue weighted by Crippen LogP contribution is -2.60. The van der Waals surface area contributed by atoms with Crippen LogP contribution in [0.3, 0.4) is 0 Å². The molecule has 4 aliphatic rings. The number of hydrogen-bond donors (Lipinski definition) is 0. The van der Waals surface area contributed by atoms with Crippen molar-refractivity contribution in [3.63, 3.8) is 0 Å². The molecule has 0 radical (unpaired) electrons. The molecule has 148 valence electrons. The number of benzene rings is 1. The van der Waals surface area contributed by atoms with Gasteiger partial charge in [0.1, 0.15) is 17.4 Å². The summed E-state index contributed by atoms with van der Waals surface area (Å²) in [7, 11) is 0. The van der Waals surface area contributed by atoms with Gasteiger partial charge in [-0.1, -0.05) is 12.1 Å². The number of rotatable bonds is 3. The Bertz CT molecular complexity index is 887. The first-order valence-electron chi connectivity index (χ1n) is 10.0. The van der Waals surface area contributed by atoms with E-state index in [0.717, 1.165) is 32.0 Å². The van der Waals surface area contributed by atoms with Gasteiger partial charge in [-0.25, -0.2) is 8.78 Å². The molecule has 1 aromatic carbocycles. The normalized spacial score (nSPS) is 31.2. The summed E-state index contributed by atoms with van der Waals surface area (Å²) in [6.07, 6.45) is 2.77. The molecule has 5 heterocycles. The van der Waals surface area contributed by atoms with E-state index in [4.69, 9.17) is 4.52 Å². The van der Waals surface area contributed by atoms with Gasteiger partial charge >= 0.3 is 0 Å². The first-order chi connectivity index (χ1) is 13.5.